The number of rotatable bonds is 3. The molecule has 1 aromatic heterocycles. The third-order valence-electron chi connectivity index (χ3n) is 4.38. The highest BCUT2D eigenvalue weighted by atomic mass is 35.5. The van der Waals surface area contributed by atoms with E-state index in [1.807, 2.05) is 22.9 Å². The minimum absolute atomic E-state index is 0.0656. The van der Waals surface area contributed by atoms with Gasteiger partial charge < -0.3 is 4.57 Å². The van der Waals surface area contributed by atoms with Crippen molar-refractivity contribution in [2.24, 2.45) is 0 Å². The van der Waals surface area contributed by atoms with Crippen molar-refractivity contribution in [2.45, 2.75) is 31.3 Å². The molecule has 1 aliphatic rings. The van der Waals surface area contributed by atoms with Gasteiger partial charge in [-0.2, -0.15) is 4.31 Å². The highest BCUT2D eigenvalue weighted by Crippen LogP contribution is 2.35. The lowest BCUT2D eigenvalue weighted by Gasteiger charge is -2.33. The molecule has 9 heteroatoms. The number of benzene rings is 1. The summed E-state index contributed by atoms with van der Waals surface area (Å²) >= 11 is 6.02. The van der Waals surface area contributed by atoms with Gasteiger partial charge in [0.25, 0.3) is 5.69 Å². The van der Waals surface area contributed by atoms with Gasteiger partial charge in [0.2, 0.25) is 10.0 Å². The van der Waals surface area contributed by atoms with Crippen LogP contribution >= 0.6 is 11.6 Å². The number of hydrogen-bond acceptors (Lipinski definition) is 4. The predicted molar refractivity (Wildman–Crippen MR) is 89.6 cm³/mol. The molecule has 2 aromatic rings. The molecular formula is C15H16ClN3O4S. The van der Waals surface area contributed by atoms with Crippen molar-refractivity contribution in [1.82, 2.24) is 8.87 Å². The molecule has 7 nitrogen and oxygen atoms in total. The normalized spacial score (nSPS) is 18.4. The van der Waals surface area contributed by atoms with Crippen molar-refractivity contribution in [3.63, 3.8) is 0 Å². The van der Waals surface area contributed by atoms with Crippen LogP contribution < -0.4 is 0 Å². The first kappa shape index (κ1) is 16.9. The summed E-state index contributed by atoms with van der Waals surface area (Å²) < 4.78 is 29.4. The second-order valence-electron chi connectivity index (χ2n) is 5.72. The largest absolute Gasteiger partial charge is 0.349 e. The standard InChI is InChI=1S/C15H16ClN3O4S/c1-10-13(16)8-12(9-15(10)19(20)21)24(22,23)18-7-6-17-5-3-4-14(17)11(18)2/h3-5,8-9,11H,6-7H2,1-2H3/t11-/m1/s1. The quantitative estimate of drug-likeness (QED) is 0.614. The van der Waals surface area contributed by atoms with Crippen LogP contribution in [-0.4, -0.2) is 28.8 Å². The van der Waals surface area contributed by atoms with Crippen LogP contribution in [0.25, 0.3) is 0 Å². The summed E-state index contributed by atoms with van der Waals surface area (Å²) in [6.07, 6.45) is 1.91. The van der Waals surface area contributed by atoms with E-state index in [2.05, 4.69) is 0 Å². The average molecular weight is 370 g/mol. The number of nitrogens with zero attached hydrogens (tertiary/aromatic N) is 3. The zero-order chi connectivity index (χ0) is 17.6. The molecule has 1 aromatic carbocycles. The molecule has 0 spiro atoms. The Balaban J connectivity index is 2.08. The lowest BCUT2D eigenvalue weighted by Crippen LogP contribution is -2.40. The lowest BCUT2D eigenvalue weighted by molar-refractivity contribution is -0.385. The Labute approximate surface area is 144 Å². The van der Waals surface area contributed by atoms with E-state index in [4.69, 9.17) is 11.6 Å². The second-order valence-corrected chi connectivity index (χ2v) is 8.02. The first-order valence-corrected chi connectivity index (χ1v) is 9.16. The van der Waals surface area contributed by atoms with E-state index >= 15 is 0 Å². The number of halogens is 1. The SMILES string of the molecule is Cc1c(Cl)cc(S(=O)(=O)N2CCn3cccc3[C@H]2C)cc1[N+](=O)[O-]. The van der Waals surface area contributed by atoms with Crippen molar-refractivity contribution in [2.75, 3.05) is 6.54 Å². The molecule has 0 N–H and O–H groups in total. The van der Waals surface area contributed by atoms with Gasteiger partial charge in [-0.05, 0) is 32.0 Å². The van der Waals surface area contributed by atoms with Gasteiger partial charge in [-0.1, -0.05) is 11.6 Å². The molecule has 0 saturated carbocycles. The summed E-state index contributed by atoms with van der Waals surface area (Å²) in [6.45, 7) is 4.12. The van der Waals surface area contributed by atoms with Gasteiger partial charge in [0.1, 0.15) is 0 Å². The van der Waals surface area contributed by atoms with Crippen LogP contribution in [0.15, 0.2) is 35.4 Å². The van der Waals surface area contributed by atoms with E-state index in [9.17, 15) is 18.5 Å². The van der Waals surface area contributed by atoms with Crippen molar-refractivity contribution >= 4 is 27.3 Å². The van der Waals surface area contributed by atoms with Crippen molar-refractivity contribution in [3.8, 4) is 0 Å². The fourth-order valence-corrected chi connectivity index (χ4v) is 4.92. The Hall–Kier alpha value is -1.90. The smallest absolute Gasteiger partial charge is 0.275 e. The number of fused-ring (bicyclic) bond motifs is 1. The summed E-state index contributed by atoms with van der Waals surface area (Å²) in [6, 6.07) is 5.74. The number of nitro groups is 1. The Bertz CT molecular complexity index is 923. The first-order valence-electron chi connectivity index (χ1n) is 7.35. The zero-order valence-electron chi connectivity index (χ0n) is 13.1. The van der Waals surface area contributed by atoms with E-state index < -0.39 is 14.9 Å². The molecule has 0 fully saturated rings. The van der Waals surface area contributed by atoms with Crippen LogP contribution in [0.3, 0.4) is 0 Å². The molecule has 1 aliphatic heterocycles. The number of aromatic nitrogens is 1. The Morgan fingerprint density at radius 3 is 2.71 bits per heavy atom. The molecule has 0 radical (unpaired) electrons. The maximum atomic E-state index is 13.0. The van der Waals surface area contributed by atoms with Gasteiger partial charge in [0.05, 0.1) is 20.9 Å². The minimum Gasteiger partial charge on any atom is -0.349 e. The predicted octanol–water partition coefficient (Wildman–Crippen LogP) is 3.12. The number of nitro benzene ring substituents is 1. The Kier molecular flexibility index (Phi) is 4.15. The van der Waals surface area contributed by atoms with Gasteiger partial charge in [-0.3, -0.25) is 10.1 Å². The van der Waals surface area contributed by atoms with Gasteiger partial charge in [0, 0.05) is 36.6 Å². The fraction of sp³-hybridized carbons (Fsp3) is 0.333. The van der Waals surface area contributed by atoms with Crippen molar-refractivity contribution < 1.29 is 13.3 Å². The van der Waals surface area contributed by atoms with Crippen LogP contribution in [0.4, 0.5) is 5.69 Å². The van der Waals surface area contributed by atoms with Crippen molar-refractivity contribution in [1.29, 1.82) is 0 Å². The molecule has 0 unspecified atom stereocenters. The minimum atomic E-state index is -3.90. The maximum Gasteiger partial charge on any atom is 0.275 e. The molecule has 0 bridgehead atoms. The second kappa shape index (κ2) is 5.87. The van der Waals surface area contributed by atoms with Gasteiger partial charge in [0.15, 0.2) is 0 Å². The maximum absolute atomic E-state index is 13.0. The third-order valence-corrected chi connectivity index (χ3v) is 6.72. The summed E-state index contributed by atoms with van der Waals surface area (Å²) in [5.41, 5.74) is 0.841. The Morgan fingerprint density at radius 2 is 2.04 bits per heavy atom. The summed E-state index contributed by atoms with van der Waals surface area (Å²) in [4.78, 5) is 10.4. The van der Waals surface area contributed by atoms with Crippen LogP contribution in [-0.2, 0) is 16.6 Å². The highest BCUT2D eigenvalue weighted by molar-refractivity contribution is 7.89. The van der Waals surface area contributed by atoms with E-state index in [0.29, 0.717) is 13.1 Å². The monoisotopic (exact) mass is 369 g/mol. The zero-order valence-corrected chi connectivity index (χ0v) is 14.7. The molecule has 2 heterocycles. The van der Waals surface area contributed by atoms with E-state index in [-0.39, 0.29) is 27.2 Å². The molecule has 3 rings (SSSR count). The van der Waals surface area contributed by atoms with Crippen LogP contribution in [0.1, 0.15) is 24.2 Å². The average Bonchev–Trinajstić information content (AvgIpc) is 2.99. The van der Waals surface area contributed by atoms with Gasteiger partial charge >= 0.3 is 0 Å². The molecule has 24 heavy (non-hydrogen) atoms. The van der Waals surface area contributed by atoms with Crippen molar-refractivity contribution in [3.05, 3.63) is 56.9 Å². The number of sulfonamides is 1. The van der Waals surface area contributed by atoms with E-state index in [1.165, 1.54) is 17.3 Å². The summed E-state index contributed by atoms with van der Waals surface area (Å²) in [5.74, 6) is 0. The summed E-state index contributed by atoms with van der Waals surface area (Å²) in [7, 11) is -3.90. The molecule has 0 aliphatic carbocycles. The Morgan fingerprint density at radius 1 is 1.33 bits per heavy atom. The van der Waals surface area contributed by atoms with E-state index in [0.717, 1.165) is 11.8 Å². The molecule has 0 saturated heterocycles. The van der Waals surface area contributed by atoms with Gasteiger partial charge in [-0.15, -0.1) is 0 Å². The summed E-state index contributed by atoms with van der Waals surface area (Å²) in [5, 5.41) is 11.2. The first-order chi connectivity index (χ1) is 11.2. The molecular weight excluding hydrogens is 354 g/mol. The fourth-order valence-electron chi connectivity index (χ4n) is 3.00. The molecule has 1 atom stereocenters. The topological polar surface area (TPSA) is 85.5 Å². The molecule has 0 amide bonds. The van der Waals surface area contributed by atoms with Crippen LogP contribution in [0, 0.1) is 17.0 Å². The lowest BCUT2D eigenvalue weighted by atomic mass is 10.2. The highest BCUT2D eigenvalue weighted by Gasteiger charge is 2.35. The van der Waals surface area contributed by atoms with Crippen LogP contribution in [0.2, 0.25) is 5.02 Å². The van der Waals surface area contributed by atoms with E-state index in [1.54, 1.807) is 6.92 Å². The van der Waals surface area contributed by atoms with Crippen LogP contribution in [0.5, 0.6) is 0 Å². The van der Waals surface area contributed by atoms with Gasteiger partial charge in [-0.25, -0.2) is 8.42 Å². The third kappa shape index (κ3) is 2.60. The molecule has 128 valence electrons. The number of hydrogen-bond donors (Lipinski definition) is 0.